The highest BCUT2D eigenvalue weighted by Crippen LogP contribution is 2.33. The number of hydrogen-bond donors (Lipinski definition) is 1. The zero-order valence-electron chi connectivity index (χ0n) is 22.2. The van der Waals surface area contributed by atoms with E-state index in [1.54, 1.807) is 36.0 Å². The fourth-order valence-electron chi connectivity index (χ4n) is 2.52. The van der Waals surface area contributed by atoms with Crippen molar-refractivity contribution in [1.29, 1.82) is 0 Å². The first-order valence-electron chi connectivity index (χ1n) is 12.0. The van der Waals surface area contributed by atoms with Crippen molar-refractivity contribution in [2.24, 2.45) is 4.99 Å². The molecule has 1 aromatic heterocycles. The number of aliphatic imine (C=N–C) groups is 1. The summed E-state index contributed by atoms with van der Waals surface area (Å²) in [5.74, 6) is -0.434. The summed E-state index contributed by atoms with van der Waals surface area (Å²) in [7, 11) is 0. The average Bonchev–Trinajstić information content (AvgIpc) is 3.28. The molecule has 2 unspecified atom stereocenters. The Bertz CT molecular complexity index is 1160. The second kappa shape index (κ2) is 5.33. The van der Waals surface area contributed by atoms with Crippen molar-refractivity contribution in [2.45, 2.75) is 44.5 Å². The SMILES string of the molecule is [2H]C1C([2H])([2H])C([2H])([2H])C([2H])([2H])C([2H])([2H])C12N=C(c1ccc(-n3ccnc3C)cc1)C(=O)N2[2H]. The molecule has 0 radical (unpaired) electrons. The number of carbonyl (C=O) groups is 1. The first kappa shape index (κ1) is 6.99. The minimum absolute atomic E-state index is 0.0151. The molecule has 1 fully saturated rings. The van der Waals surface area contributed by atoms with Crippen molar-refractivity contribution in [1.82, 2.24) is 14.9 Å². The van der Waals surface area contributed by atoms with Crippen molar-refractivity contribution in [3.8, 4) is 5.69 Å². The Labute approximate surface area is 149 Å². The summed E-state index contributed by atoms with van der Waals surface area (Å²) >= 11 is 0. The van der Waals surface area contributed by atoms with Gasteiger partial charge in [0.05, 0.1) is 0 Å². The van der Waals surface area contributed by atoms with Crippen LogP contribution >= 0.6 is 0 Å². The van der Waals surface area contributed by atoms with Gasteiger partial charge in [-0.2, -0.15) is 0 Å². The second-order valence-electron chi connectivity index (χ2n) is 5.16. The number of nitrogens with one attached hydrogen (secondary N) is 1. The van der Waals surface area contributed by atoms with Crippen LogP contribution < -0.4 is 5.31 Å². The van der Waals surface area contributed by atoms with Gasteiger partial charge in [-0.05, 0) is 44.6 Å². The van der Waals surface area contributed by atoms with Crippen LogP contribution in [0.2, 0.25) is 1.41 Å². The van der Waals surface area contributed by atoms with Crippen LogP contribution in [0.15, 0.2) is 41.7 Å². The number of benzene rings is 1. The van der Waals surface area contributed by atoms with E-state index < -0.39 is 49.2 Å². The predicted molar refractivity (Wildman–Crippen MR) is 88.8 cm³/mol. The number of amides is 1. The van der Waals surface area contributed by atoms with Crippen LogP contribution in [0.4, 0.5) is 0 Å². The molecule has 1 saturated carbocycles. The van der Waals surface area contributed by atoms with Crippen LogP contribution in [0.3, 0.4) is 0 Å². The molecule has 2 aromatic rings. The summed E-state index contributed by atoms with van der Waals surface area (Å²) in [5, 5.41) is -0.0151. The molecule has 1 aliphatic carbocycles. The number of aryl methyl sites for hydroxylation is 1. The molecular formula is C18H20N4O. The number of imidazole rings is 1. The van der Waals surface area contributed by atoms with E-state index in [1.807, 2.05) is 0 Å². The molecule has 0 saturated heterocycles. The van der Waals surface area contributed by atoms with Gasteiger partial charge in [0, 0.05) is 36.0 Å². The fourth-order valence-corrected chi connectivity index (χ4v) is 2.52. The average molecular weight is 318 g/mol. The standard InChI is InChI=1S/C18H20N4O/c1-13-19-11-12-22(13)15-7-5-14(6-8-15)16-17(23)21-18(20-16)9-3-2-4-10-18/h5-8,11-12H,2-4,9-10H2,1H3,(H,21,23)/i2D2,3D2,4D2,9D,10D2/hD. The third-order valence-corrected chi connectivity index (χ3v) is 3.66. The van der Waals surface area contributed by atoms with Crippen molar-refractivity contribution in [2.75, 3.05) is 0 Å². The van der Waals surface area contributed by atoms with Crippen LogP contribution in [-0.2, 0) is 4.79 Å². The van der Waals surface area contributed by atoms with E-state index in [0.29, 0.717) is 11.5 Å². The van der Waals surface area contributed by atoms with Crippen LogP contribution in [-0.4, -0.2) is 26.8 Å². The summed E-state index contributed by atoms with van der Waals surface area (Å²) in [5.41, 5.74) is -2.52. The van der Waals surface area contributed by atoms with E-state index in [9.17, 15) is 4.79 Å². The number of aromatic nitrogens is 2. The van der Waals surface area contributed by atoms with E-state index >= 15 is 0 Å². The summed E-state index contributed by atoms with van der Waals surface area (Å²) in [6, 6.07) is 6.23. The Hall–Kier alpha value is -2.43. The monoisotopic (exact) mass is 318 g/mol. The second-order valence-corrected chi connectivity index (χ2v) is 5.16. The Balaban J connectivity index is 1.87. The quantitative estimate of drug-likeness (QED) is 0.925. The van der Waals surface area contributed by atoms with Gasteiger partial charge in [-0.15, -0.1) is 0 Å². The predicted octanol–water partition coefficient (Wildman–Crippen LogP) is 2.76. The van der Waals surface area contributed by atoms with Crippen LogP contribution in [0.5, 0.6) is 0 Å². The first-order chi connectivity index (χ1) is 15.1. The van der Waals surface area contributed by atoms with E-state index in [-0.39, 0.29) is 10.9 Å². The van der Waals surface area contributed by atoms with Gasteiger partial charge in [-0.3, -0.25) is 9.79 Å². The van der Waals surface area contributed by atoms with Gasteiger partial charge in [-0.1, -0.05) is 18.5 Å². The molecule has 5 heteroatoms. The molecule has 2 heterocycles. The lowest BCUT2D eigenvalue weighted by Gasteiger charge is -2.30. The molecule has 4 rings (SSSR count). The summed E-state index contributed by atoms with van der Waals surface area (Å²) in [6.45, 7) is 1.79. The zero-order valence-corrected chi connectivity index (χ0v) is 12.2. The normalized spacial score (nSPS) is 42.7. The molecule has 5 nitrogen and oxygen atoms in total. The van der Waals surface area contributed by atoms with Gasteiger partial charge in [0.2, 0.25) is 0 Å². The van der Waals surface area contributed by atoms with Gasteiger partial charge in [0.1, 0.15) is 17.2 Å². The third-order valence-electron chi connectivity index (χ3n) is 3.66. The van der Waals surface area contributed by atoms with Crippen molar-refractivity contribution < 1.29 is 18.5 Å². The van der Waals surface area contributed by atoms with E-state index in [2.05, 4.69) is 9.98 Å². The van der Waals surface area contributed by atoms with Crippen LogP contribution in [0, 0.1) is 6.92 Å². The highest BCUT2D eigenvalue weighted by atomic mass is 16.2. The Morgan fingerprint density at radius 3 is 2.87 bits per heavy atom. The minimum Gasteiger partial charge on any atom is -0.326 e. The van der Waals surface area contributed by atoms with Crippen LogP contribution in [0.1, 0.15) is 55.6 Å². The highest BCUT2D eigenvalue weighted by molar-refractivity contribution is 6.46. The molecule has 1 aliphatic heterocycles. The summed E-state index contributed by atoms with van der Waals surface area (Å²) < 4.78 is 83.5. The number of carbonyl (C=O) groups excluding carboxylic acids is 1. The molecular weight excluding hydrogens is 288 g/mol. The lowest BCUT2D eigenvalue weighted by molar-refractivity contribution is -0.115. The molecule has 1 spiro atoms. The van der Waals surface area contributed by atoms with Crippen LogP contribution in [0.25, 0.3) is 5.69 Å². The maximum atomic E-state index is 13.0. The lowest BCUT2D eigenvalue weighted by atomic mass is 9.90. The summed E-state index contributed by atoms with van der Waals surface area (Å²) in [4.78, 5) is 21.1. The molecule has 118 valence electrons. The Morgan fingerprint density at radius 1 is 1.30 bits per heavy atom. The highest BCUT2D eigenvalue weighted by Gasteiger charge is 2.40. The molecule has 2 aliphatic rings. The molecule has 1 amide bonds. The first-order valence-corrected chi connectivity index (χ1v) is 7.02. The van der Waals surface area contributed by atoms with Crippen molar-refractivity contribution in [3.63, 3.8) is 0 Å². The van der Waals surface area contributed by atoms with E-state index in [4.69, 9.17) is 13.7 Å². The molecule has 1 aromatic carbocycles. The van der Waals surface area contributed by atoms with Crippen molar-refractivity contribution >= 4 is 11.6 Å². The third kappa shape index (κ3) is 2.46. The number of nitrogens with zero attached hydrogens (tertiary/aromatic N) is 3. The smallest absolute Gasteiger partial charge is 0.272 e. The Morgan fingerprint density at radius 2 is 2.13 bits per heavy atom. The molecule has 2 atom stereocenters. The lowest BCUT2D eigenvalue weighted by Crippen LogP contribution is -2.43. The van der Waals surface area contributed by atoms with E-state index in [0.717, 1.165) is 0 Å². The molecule has 0 bridgehead atoms. The topological polar surface area (TPSA) is 59.3 Å². The van der Waals surface area contributed by atoms with Gasteiger partial charge in [-0.25, -0.2) is 4.98 Å². The van der Waals surface area contributed by atoms with Gasteiger partial charge in [0.25, 0.3) is 5.91 Å². The number of hydrogen-bond acceptors (Lipinski definition) is 3. The van der Waals surface area contributed by atoms with Gasteiger partial charge >= 0.3 is 0 Å². The maximum Gasteiger partial charge on any atom is 0.272 e. The summed E-state index contributed by atoms with van der Waals surface area (Å²) in [6.07, 6.45) is -12.7. The maximum absolute atomic E-state index is 13.0. The minimum atomic E-state index is -3.53. The van der Waals surface area contributed by atoms with Gasteiger partial charge < -0.3 is 9.88 Å². The largest absolute Gasteiger partial charge is 0.326 e. The fraction of sp³-hybridized carbons (Fsp3) is 0.389. The van der Waals surface area contributed by atoms with Gasteiger partial charge in [0.15, 0.2) is 1.41 Å². The van der Waals surface area contributed by atoms with Crippen molar-refractivity contribution in [3.05, 3.63) is 48.0 Å². The zero-order chi connectivity index (χ0) is 24.8. The molecule has 23 heavy (non-hydrogen) atoms. The molecule has 1 N–H and O–H groups in total. The Kier molecular flexibility index (Phi) is 1.62. The number of rotatable bonds is 2. The van der Waals surface area contributed by atoms with E-state index in [1.165, 1.54) is 12.1 Å².